The lowest BCUT2D eigenvalue weighted by molar-refractivity contribution is -0.137. The number of piperidine rings is 2. The normalized spacial score (nSPS) is 18.5. The number of amides is 1. The molecule has 31 heavy (non-hydrogen) atoms. The summed E-state index contributed by atoms with van der Waals surface area (Å²) < 4.78 is 38.2. The van der Waals surface area contributed by atoms with Gasteiger partial charge in [0.25, 0.3) is 0 Å². The molecule has 0 aromatic heterocycles. The summed E-state index contributed by atoms with van der Waals surface area (Å²) in [5.41, 5.74) is 0.520. The number of oxime groups is 1. The van der Waals surface area contributed by atoms with E-state index < -0.39 is 11.7 Å². The van der Waals surface area contributed by atoms with E-state index in [1.807, 2.05) is 4.90 Å². The molecule has 0 saturated carbocycles. The lowest BCUT2D eigenvalue weighted by atomic mass is 10.1. The van der Waals surface area contributed by atoms with Crippen LogP contribution < -0.4 is 0 Å². The summed E-state index contributed by atoms with van der Waals surface area (Å²) in [4.78, 5) is 21.7. The summed E-state index contributed by atoms with van der Waals surface area (Å²) in [7, 11) is 0. The van der Waals surface area contributed by atoms with Crippen molar-refractivity contribution in [3.05, 3.63) is 35.4 Å². The quantitative estimate of drug-likeness (QED) is 0.656. The number of carbonyl (C=O) groups excluding carboxylic acids is 1. The lowest BCUT2D eigenvalue weighted by Crippen LogP contribution is -2.42. The second-order valence-electron chi connectivity index (χ2n) is 7.83. The molecule has 2 aliphatic heterocycles. The maximum Gasteiger partial charge on any atom is 0.416 e. The minimum atomic E-state index is -4.38. The number of aliphatic hydroxyl groups excluding tert-OH is 1. The van der Waals surface area contributed by atoms with Gasteiger partial charge in [0.15, 0.2) is 0 Å². The Morgan fingerprint density at radius 1 is 1.16 bits per heavy atom. The van der Waals surface area contributed by atoms with Crippen molar-refractivity contribution in [2.24, 2.45) is 5.16 Å². The number of carbonyl (C=O) groups is 1. The van der Waals surface area contributed by atoms with E-state index >= 15 is 0 Å². The summed E-state index contributed by atoms with van der Waals surface area (Å²) in [6.07, 6.45) is -1.40. The van der Waals surface area contributed by atoms with Crippen molar-refractivity contribution in [1.29, 1.82) is 0 Å². The summed E-state index contributed by atoms with van der Waals surface area (Å²) in [6, 6.07) is 5.01. The number of hydrogen-bond donors (Lipinski definition) is 1. The van der Waals surface area contributed by atoms with Crippen molar-refractivity contribution in [3.8, 4) is 0 Å². The molecule has 2 saturated heterocycles. The Bertz CT molecular complexity index is 743. The van der Waals surface area contributed by atoms with E-state index in [0.717, 1.165) is 43.8 Å². The third-order valence-corrected chi connectivity index (χ3v) is 5.57. The van der Waals surface area contributed by atoms with Gasteiger partial charge in [-0.3, -0.25) is 4.79 Å². The Morgan fingerprint density at radius 3 is 2.48 bits per heavy atom. The summed E-state index contributed by atoms with van der Waals surface area (Å²) in [5, 5.41) is 13.6. The smallest absolute Gasteiger partial charge is 0.393 e. The highest BCUT2D eigenvalue weighted by Crippen LogP contribution is 2.29. The molecule has 1 aromatic carbocycles. The van der Waals surface area contributed by atoms with Crippen LogP contribution in [-0.4, -0.2) is 65.4 Å². The van der Waals surface area contributed by atoms with Crippen LogP contribution in [0.4, 0.5) is 13.2 Å². The van der Waals surface area contributed by atoms with E-state index in [9.17, 15) is 23.1 Å². The fourth-order valence-corrected chi connectivity index (χ4v) is 3.70. The number of likely N-dealkylation sites (tertiary alicyclic amines) is 2. The molecule has 174 valence electrons. The van der Waals surface area contributed by atoms with Gasteiger partial charge < -0.3 is 19.7 Å². The topological polar surface area (TPSA) is 65.4 Å². The van der Waals surface area contributed by atoms with Crippen molar-refractivity contribution >= 4 is 24.0 Å². The Balaban J connectivity index is 0.00000341. The summed E-state index contributed by atoms with van der Waals surface area (Å²) in [5.74, 6) is 0.116. The average Bonchev–Trinajstić information content (AvgIpc) is 2.73. The zero-order chi connectivity index (χ0) is 21.6. The van der Waals surface area contributed by atoms with E-state index in [1.165, 1.54) is 6.07 Å². The van der Waals surface area contributed by atoms with Crippen LogP contribution in [0.2, 0.25) is 0 Å². The molecule has 0 spiro atoms. The third kappa shape index (κ3) is 7.97. The van der Waals surface area contributed by atoms with Gasteiger partial charge in [0, 0.05) is 52.0 Å². The molecule has 1 N–H and O–H groups in total. The van der Waals surface area contributed by atoms with E-state index in [2.05, 4.69) is 10.1 Å². The zero-order valence-corrected chi connectivity index (χ0v) is 18.1. The molecule has 10 heteroatoms. The van der Waals surface area contributed by atoms with Gasteiger partial charge >= 0.3 is 6.18 Å². The number of aliphatic hydroxyl groups is 1. The second kappa shape index (κ2) is 11.7. The van der Waals surface area contributed by atoms with E-state index in [0.29, 0.717) is 44.5 Å². The monoisotopic (exact) mass is 463 g/mol. The Morgan fingerprint density at radius 2 is 1.84 bits per heavy atom. The van der Waals surface area contributed by atoms with Crippen LogP contribution in [0.25, 0.3) is 0 Å². The average molecular weight is 464 g/mol. The van der Waals surface area contributed by atoms with Crippen LogP contribution >= 0.6 is 12.4 Å². The van der Waals surface area contributed by atoms with Gasteiger partial charge in [0.05, 0.1) is 17.4 Å². The van der Waals surface area contributed by atoms with Crippen LogP contribution in [0.3, 0.4) is 0 Å². The Hall–Kier alpha value is -1.84. The predicted octanol–water partition coefficient (Wildman–Crippen LogP) is 3.47. The van der Waals surface area contributed by atoms with Gasteiger partial charge in [-0.25, -0.2) is 0 Å². The van der Waals surface area contributed by atoms with Gasteiger partial charge in [0.2, 0.25) is 5.91 Å². The Kier molecular flexibility index (Phi) is 9.58. The highest BCUT2D eigenvalue weighted by atomic mass is 35.5. The first-order valence-electron chi connectivity index (χ1n) is 10.3. The number of benzene rings is 1. The van der Waals surface area contributed by atoms with Crippen LogP contribution in [0.1, 0.15) is 43.2 Å². The first-order chi connectivity index (χ1) is 14.3. The molecule has 1 amide bonds. The zero-order valence-electron chi connectivity index (χ0n) is 17.3. The minimum absolute atomic E-state index is 0. The molecule has 0 atom stereocenters. The molecular weight excluding hydrogens is 435 g/mol. The van der Waals surface area contributed by atoms with Gasteiger partial charge in [-0.2, -0.15) is 13.2 Å². The first-order valence-corrected chi connectivity index (χ1v) is 10.3. The molecule has 2 heterocycles. The SMILES string of the molecule is Cl.O=C(CCN1CCC(O)CC1)N1CCC(=NOCc2cccc(C(F)(F)F)c2)CC1. The van der Waals surface area contributed by atoms with Crippen LogP contribution in [-0.2, 0) is 22.4 Å². The molecule has 1 aromatic rings. The van der Waals surface area contributed by atoms with Gasteiger partial charge in [-0.1, -0.05) is 17.3 Å². The molecule has 0 aliphatic carbocycles. The van der Waals surface area contributed by atoms with Gasteiger partial charge in [0.1, 0.15) is 6.61 Å². The van der Waals surface area contributed by atoms with E-state index in [1.54, 1.807) is 6.07 Å². The number of alkyl halides is 3. The molecule has 3 rings (SSSR count). The second-order valence-corrected chi connectivity index (χ2v) is 7.83. The van der Waals surface area contributed by atoms with E-state index in [-0.39, 0.29) is 31.0 Å². The fourth-order valence-electron chi connectivity index (χ4n) is 3.70. The molecule has 6 nitrogen and oxygen atoms in total. The van der Waals surface area contributed by atoms with Crippen molar-refractivity contribution < 1.29 is 27.9 Å². The summed E-state index contributed by atoms with van der Waals surface area (Å²) in [6.45, 7) is 3.49. The van der Waals surface area contributed by atoms with E-state index in [4.69, 9.17) is 4.84 Å². The Labute approximate surface area is 186 Å². The number of halogens is 4. The molecule has 0 bridgehead atoms. The fraction of sp³-hybridized carbons (Fsp3) is 0.619. The summed E-state index contributed by atoms with van der Waals surface area (Å²) >= 11 is 0. The largest absolute Gasteiger partial charge is 0.416 e. The van der Waals surface area contributed by atoms with Crippen molar-refractivity contribution in [2.75, 3.05) is 32.7 Å². The maximum atomic E-state index is 12.7. The molecule has 2 fully saturated rings. The lowest BCUT2D eigenvalue weighted by Gasteiger charge is -2.31. The van der Waals surface area contributed by atoms with Crippen molar-refractivity contribution in [1.82, 2.24) is 9.80 Å². The molecule has 0 radical (unpaired) electrons. The third-order valence-electron chi connectivity index (χ3n) is 5.57. The molecule has 2 aliphatic rings. The van der Waals surface area contributed by atoms with Crippen LogP contribution in [0, 0.1) is 0 Å². The first kappa shape index (κ1) is 25.4. The van der Waals surface area contributed by atoms with Gasteiger partial charge in [-0.05, 0) is 30.5 Å². The minimum Gasteiger partial charge on any atom is -0.393 e. The molecule has 0 unspecified atom stereocenters. The van der Waals surface area contributed by atoms with Gasteiger partial charge in [-0.15, -0.1) is 12.4 Å². The molecular formula is C21H29ClF3N3O3. The van der Waals surface area contributed by atoms with Crippen molar-refractivity contribution in [2.45, 2.75) is 51.0 Å². The number of nitrogens with zero attached hydrogens (tertiary/aromatic N) is 3. The highest BCUT2D eigenvalue weighted by molar-refractivity contribution is 5.87. The highest BCUT2D eigenvalue weighted by Gasteiger charge is 2.30. The number of rotatable bonds is 6. The maximum absolute atomic E-state index is 12.7. The van der Waals surface area contributed by atoms with Crippen molar-refractivity contribution in [3.63, 3.8) is 0 Å². The van der Waals surface area contributed by atoms with Crippen LogP contribution in [0.15, 0.2) is 29.4 Å². The standard InChI is InChI=1S/C21H28F3N3O3.ClH/c22-21(23,24)17-3-1-2-16(14-17)15-30-25-18-4-12-27(13-5-18)20(29)8-11-26-9-6-19(28)7-10-26;/h1-3,14,19,28H,4-13,15H2;1H. The predicted molar refractivity (Wildman–Crippen MR) is 113 cm³/mol. The van der Waals surface area contributed by atoms with Crippen LogP contribution in [0.5, 0.6) is 0 Å². The number of hydrogen-bond acceptors (Lipinski definition) is 5.